The number of para-hydroxylation sites is 1. The molecule has 0 atom stereocenters. The molecule has 0 aliphatic heterocycles. The quantitative estimate of drug-likeness (QED) is 0.629. The Labute approximate surface area is 98.2 Å². The molecule has 1 aromatic heterocycles. The molecular weight excluding hydrogens is 251 g/mol. The van der Waals surface area contributed by atoms with Crippen LogP contribution in [0.3, 0.4) is 0 Å². The summed E-state index contributed by atoms with van der Waals surface area (Å²) in [5.74, 6) is -0.985. The Morgan fingerprint density at radius 3 is 2.44 bits per heavy atom. The van der Waals surface area contributed by atoms with E-state index in [-0.39, 0.29) is 10.9 Å². The van der Waals surface area contributed by atoms with Crippen molar-refractivity contribution in [2.45, 2.75) is 6.18 Å². The summed E-state index contributed by atoms with van der Waals surface area (Å²) in [5.41, 5.74) is 2.90. The molecule has 0 saturated carbocycles. The number of nitro groups is 1. The summed E-state index contributed by atoms with van der Waals surface area (Å²) >= 11 is 0. The van der Waals surface area contributed by atoms with Crippen LogP contribution >= 0.6 is 0 Å². The van der Waals surface area contributed by atoms with Crippen molar-refractivity contribution in [3.8, 4) is 0 Å². The Balaban J connectivity index is 2.95. The van der Waals surface area contributed by atoms with Crippen LogP contribution in [0.25, 0.3) is 10.9 Å². The highest BCUT2D eigenvalue weighted by molar-refractivity contribution is 5.89. The number of nitrogens with two attached hydrogens (primary N) is 1. The summed E-state index contributed by atoms with van der Waals surface area (Å²) in [7, 11) is 0. The molecule has 0 spiro atoms. The predicted molar refractivity (Wildman–Crippen MR) is 57.8 cm³/mol. The lowest BCUT2D eigenvalue weighted by Gasteiger charge is -2.11. The molecule has 0 aliphatic rings. The van der Waals surface area contributed by atoms with Gasteiger partial charge < -0.3 is 15.8 Å². The number of halogens is 3. The van der Waals surface area contributed by atoms with Crippen LogP contribution < -0.4 is 5.73 Å². The van der Waals surface area contributed by atoms with Crippen molar-refractivity contribution in [3.63, 3.8) is 0 Å². The van der Waals surface area contributed by atoms with Crippen molar-refractivity contribution in [1.82, 2.24) is 4.98 Å². The van der Waals surface area contributed by atoms with Crippen molar-refractivity contribution in [2.24, 2.45) is 0 Å². The van der Waals surface area contributed by atoms with Crippen molar-refractivity contribution in [1.29, 1.82) is 0 Å². The number of anilines is 1. The first-order valence-electron chi connectivity index (χ1n) is 4.72. The van der Waals surface area contributed by atoms with E-state index < -0.39 is 28.2 Å². The van der Waals surface area contributed by atoms with Gasteiger partial charge in [-0.15, -0.1) is 0 Å². The maximum absolute atomic E-state index is 12.9. The number of benzene rings is 1. The second-order valence-electron chi connectivity index (χ2n) is 3.50. The molecule has 0 fully saturated rings. The molecule has 1 aromatic carbocycles. The van der Waals surface area contributed by atoms with E-state index in [0.717, 1.165) is 0 Å². The summed E-state index contributed by atoms with van der Waals surface area (Å²) in [4.78, 5) is 13.1. The second kappa shape index (κ2) is 3.83. The van der Waals surface area contributed by atoms with E-state index in [9.17, 15) is 23.3 Å². The topological polar surface area (TPSA) is 82.0 Å². The van der Waals surface area contributed by atoms with Gasteiger partial charge in [-0.05, 0) is 22.0 Å². The highest BCUT2D eigenvalue weighted by atomic mass is 19.4. The minimum absolute atomic E-state index is 0.120. The highest BCUT2D eigenvalue weighted by Crippen LogP contribution is 2.41. The molecule has 8 heteroatoms. The molecule has 2 N–H and O–H groups in total. The van der Waals surface area contributed by atoms with Gasteiger partial charge in [-0.2, -0.15) is 13.2 Å². The van der Waals surface area contributed by atoms with Crippen LogP contribution in [0.2, 0.25) is 0 Å². The fourth-order valence-electron chi connectivity index (χ4n) is 1.66. The van der Waals surface area contributed by atoms with Gasteiger partial charge in [0.25, 0.3) is 0 Å². The van der Waals surface area contributed by atoms with Gasteiger partial charge in [0.15, 0.2) is 5.52 Å². The molecule has 0 amide bonds. The lowest BCUT2D eigenvalue weighted by molar-refractivity contribution is -0.388. The molecule has 2 aromatic rings. The van der Waals surface area contributed by atoms with Crippen LogP contribution in [0.5, 0.6) is 0 Å². The van der Waals surface area contributed by atoms with Crippen LogP contribution in [0.4, 0.5) is 24.7 Å². The van der Waals surface area contributed by atoms with E-state index >= 15 is 0 Å². The number of nitrogens with zero attached hydrogens (tertiary/aromatic N) is 2. The maximum Gasteiger partial charge on any atom is 0.419 e. The van der Waals surface area contributed by atoms with Crippen LogP contribution in [0, 0.1) is 10.1 Å². The summed E-state index contributed by atoms with van der Waals surface area (Å²) in [6.07, 6.45) is -4.78. The van der Waals surface area contributed by atoms with Gasteiger partial charge in [0.1, 0.15) is 5.69 Å². The Hall–Kier alpha value is -2.38. The average molecular weight is 257 g/mol. The van der Waals surface area contributed by atoms with E-state index in [2.05, 4.69) is 4.98 Å². The van der Waals surface area contributed by atoms with Crippen LogP contribution in [0.15, 0.2) is 24.3 Å². The minimum Gasteiger partial charge on any atom is -0.391 e. The number of nitrogen functional groups attached to an aromatic ring is 1. The third-order valence-electron chi connectivity index (χ3n) is 2.37. The number of hydrogen-bond donors (Lipinski definition) is 1. The van der Waals surface area contributed by atoms with E-state index in [0.29, 0.717) is 0 Å². The first-order chi connectivity index (χ1) is 8.32. The molecule has 0 aliphatic carbocycles. The van der Waals surface area contributed by atoms with Crippen LogP contribution in [-0.4, -0.2) is 9.91 Å². The Morgan fingerprint density at radius 1 is 1.28 bits per heavy atom. The lowest BCUT2D eigenvalue weighted by Crippen LogP contribution is -2.13. The molecule has 2 rings (SSSR count). The SMILES string of the molecule is Nc1c([N+](=O)[O-])nc2ccccc2c1C(F)(F)F. The molecule has 0 saturated heterocycles. The normalized spacial score (nSPS) is 11.7. The fraction of sp³-hybridized carbons (Fsp3) is 0.100. The van der Waals surface area contributed by atoms with Crippen LogP contribution in [0.1, 0.15) is 5.56 Å². The largest absolute Gasteiger partial charge is 0.419 e. The second-order valence-corrected chi connectivity index (χ2v) is 3.50. The molecule has 0 radical (unpaired) electrons. The van der Waals surface area contributed by atoms with E-state index in [1.807, 2.05) is 0 Å². The molecule has 5 nitrogen and oxygen atoms in total. The van der Waals surface area contributed by atoms with Gasteiger partial charge in [-0.3, -0.25) is 0 Å². The summed E-state index contributed by atoms with van der Waals surface area (Å²) in [6.45, 7) is 0. The van der Waals surface area contributed by atoms with E-state index in [1.165, 1.54) is 24.3 Å². The number of fused-ring (bicyclic) bond motifs is 1. The molecule has 1 heterocycles. The monoisotopic (exact) mass is 257 g/mol. The van der Waals surface area contributed by atoms with E-state index in [1.54, 1.807) is 0 Å². The zero-order valence-electron chi connectivity index (χ0n) is 8.73. The zero-order valence-corrected chi connectivity index (χ0v) is 8.73. The standard InChI is InChI=1S/C10H6F3N3O2/c11-10(12,13)7-5-3-1-2-4-6(5)15-9(8(7)14)16(17)18/h1-4H,14H2. The Bertz CT molecular complexity index is 640. The number of alkyl halides is 3. The van der Waals surface area contributed by atoms with E-state index in [4.69, 9.17) is 5.73 Å². The molecule has 94 valence electrons. The summed E-state index contributed by atoms with van der Waals surface area (Å²) < 4.78 is 38.7. The number of aromatic nitrogens is 1. The maximum atomic E-state index is 12.9. The molecule has 18 heavy (non-hydrogen) atoms. The molecular formula is C10H6F3N3O2. The van der Waals surface area contributed by atoms with Crippen molar-refractivity contribution >= 4 is 22.4 Å². The van der Waals surface area contributed by atoms with Gasteiger partial charge in [-0.25, -0.2) is 0 Å². The van der Waals surface area contributed by atoms with Gasteiger partial charge in [0.05, 0.1) is 5.56 Å². The number of pyridine rings is 1. The van der Waals surface area contributed by atoms with Crippen molar-refractivity contribution in [3.05, 3.63) is 39.9 Å². The number of rotatable bonds is 1. The highest BCUT2D eigenvalue weighted by Gasteiger charge is 2.39. The minimum atomic E-state index is -4.78. The smallest absolute Gasteiger partial charge is 0.391 e. The predicted octanol–water partition coefficient (Wildman–Crippen LogP) is 2.74. The Morgan fingerprint density at radius 2 is 1.89 bits per heavy atom. The van der Waals surface area contributed by atoms with Gasteiger partial charge in [-0.1, -0.05) is 12.1 Å². The van der Waals surface area contributed by atoms with Crippen molar-refractivity contribution in [2.75, 3.05) is 5.73 Å². The Kier molecular flexibility index (Phi) is 2.57. The summed E-state index contributed by atoms with van der Waals surface area (Å²) in [6, 6.07) is 5.25. The van der Waals surface area contributed by atoms with Gasteiger partial charge in [0, 0.05) is 5.39 Å². The molecule has 0 bridgehead atoms. The van der Waals surface area contributed by atoms with Gasteiger partial charge in [0.2, 0.25) is 0 Å². The third kappa shape index (κ3) is 1.81. The average Bonchev–Trinajstić information content (AvgIpc) is 2.25. The fourth-order valence-corrected chi connectivity index (χ4v) is 1.66. The summed E-state index contributed by atoms with van der Waals surface area (Å²) in [5, 5.41) is 10.4. The third-order valence-corrected chi connectivity index (χ3v) is 2.37. The first kappa shape index (κ1) is 12.1. The van der Waals surface area contributed by atoms with Gasteiger partial charge >= 0.3 is 12.0 Å². The number of hydrogen-bond acceptors (Lipinski definition) is 4. The lowest BCUT2D eigenvalue weighted by atomic mass is 10.1. The zero-order chi connectivity index (χ0) is 13.5. The van der Waals surface area contributed by atoms with Crippen molar-refractivity contribution < 1.29 is 18.1 Å². The molecule has 0 unspecified atom stereocenters. The first-order valence-corrected chi connectivity index (χ1v) is 4.72. The van der Waals surface area contributed by atoms with Crippen LogP contribution in [-0.2, 0) is 6.18 Å².